The van der Waals surface area contributed by atoms with Gasteiger partial charge in [-0.3, -0.25) is 9.79 Å². The van der Waals surface area contributed by atoms with Crippen molar-refractivity contribution >= 4 is 43.5 Å². The van der Waals surface area contributed by atoms with E-state index in [2.05, 4.69) is 15.0 Å². The molecule has 0 bridgehead atoms. The predicted molar refractivity (Wildman–Crippen MR) is 131 cm³/mol. The third-order valence-corrected chi connectivity index (χ3v) is 7.76. The van der Waals surface area contributed by atoms with Gasteiger partial charge in [0, 0.05) is 23.0 Å². The number of benzene rings is 1. The third kappa shape index (κ3) is 5.05. The monoisotopic (exact) mass is 503 g/mol. The van der Waals surface area contributed by atoms with Crippen molar-refractivity contribution in [2.75, 3.05) is 19.4 Å². The number of nitrogens with one attached hydrogen (secondary N) is 1. The highest BCUT2D eigenvalue weighted by Gasteiger charge is 2.32. The predicted octanol–water partition coefficient (Wildman–Crippen LogP) is 4.13. The molecule has 1 aromatic carbocycles. The fourth-order valence-electron chi connectivity index (χ4n) is 3.76. The van der Waals surface area contributed by atoms with Crippen LogP contribution in [-0.2, 0) is 14.6 Å². The summed E-state index contributed by atoms with van der Waals surface area (Å²) in [6, 6.07) is 8.47. The van der Waals surface area contributed by atoms with Gasteiger partial charge in [0.15, 0.2) is 14.9 Å². The number of aromatic amines is 1. The van der Waals surface area contributed by atoms with Crippen LogP contribution in [-0.4, -0.2) is 59.2 Å². The number of ether oxygens (including phenoxy) is 2. The van der Waals surface area contributed by atoms with Gasteiger partial charge in [-0.2, -0.15) is 0 Å². The number of rotatable bonds is 9. The number of nitrogens with zero attached hydrogens (tertiary/aromatic N) is 2. The van der Waals surface area contributed by atoms with Crippen molar-refractivity contribution in [3.8, 4) is 17.2 Å². The maximum Gasteiger partial charge on any atom is 0.307 e. The Hall–Kier alpha value is -3.05. The van der Waals surface area contributed by atoms with Crippen LogP contribution in [0, 0.1) is 5.92 Å². The van der Waals surface area contributed by atoms with E-state index >= 15 is 0 Å². The minimum absolute atomic E-state index is 0.0260. The van der Waals surface area contributed by atoms with Crippen LogP contribution in [0.2, 0.25) is 0 Å². The van der Waals surface area contributed by atoms with Crippen LogP contribution in [0.1, 0.15) is 26.0 Å². The molecule has 3 heterocycles. The van der Waals surface area contributed by atoms with Crippen molar-refractivity contribution < 1.29 is 27.8 Å². The van der Waals surface area contributed by atoms with Gasteiger partial charge in [0.2, 0.25) is 0 Å². The molecule has 3 aromatic rings. The fraction of sp³-hybridized carbons (Fsp3) is 0.348. The van der Waals surface area contributed by atoms with Crippen LogP contribution in [0.5, 0.6) is 17.2 Å². The van der Waals surface area contributed by atoms with E-state index in [1.807, 2.05) is 26.0 Å². The first-order valence-corrected chi connectivity index (χ1v) is 13.5. The minimum atomic E-state index is -3.39. The molecule has 0 fully saturated rings. The summed E-state index contributed by atoms with van der Waals surface area (Å²) in [6.45, 7) is 4.67. The highest BCUT2D eigenvalue weighted by Crippen LogP contribution is 2.37. The zero-order valence-electron chi connectivity index (χ0n) is 18.9. The lowest BCUT2D eigenvalue weighted by molar-refractivity contribution is -0.141. The van der Waals surface area contributed by atoms with Crippen LogP contribution in [0.4, 0.5) is 0 Å². The molecule has 1 aliphatic rings. The van der Waals surface area contributed by atoms with Crippen molar-refractivity contribution in [1.82, 2.24) is 9.97 Å². The number of carbonyl (C=O) groups is 1. The number of carboxylic acid groups (broad SMARTS) is 1. The topological polar surface area (TPSA) is 131 Å². The minimum Gasteiger partial charge on any atom is -0.492 e. The zero-order valence-corrected chi connectivity index (χ0v) is 20.6. The van der Waals surface area contributed by atoms with Gasteiger partial charge in [-0.1, -0.05) is 18.7 Å². The lowest BCUT2D eigenvalue weighted by Gasteiger charge is -2.15. The summed E-state index contributed by atoms with van der Waals surface area (Å²) in [5.74, 6) is 0.248. The highest BCUT2D eigenvalue weighted by molar-refractivity contribution is 8.15. The number of hydrogen-bond donors (Lipinski definition) is 2. The molecule has 180 valence electrons. The van der Waals surface area contributed by atoms with Crippen molar-refractivity contribution in [3.05, 3.63) is 42.2 Å². The molecule has 2 atom stereocenters. The molecule has 11 heteroatoms. The van der Waals surface area contributed by atoms with Crippen molar-refractivity contribution in [2.24, 2.45) is 10.9 Å². The Labute approximate surface area is 201 Å². The molecule has 0 radical (unpaired) electrons. The Morgan fingerprint density at radius 1 is 1.26 bits per heavy atom. The lowest BCUT2D eigenvalue weighted by atomic mass is 10.0. The van der Waals surface area contributed by atoms with Crippen molar-refractivity contribution in [3.63, 3.8) is 0 Å². The zero-order chi connectivity index (χ0) is 24.5. The van der Waals surface area contributed by atoms with E-state index in [1.165, 1.54) is 24.0 Å². The first-order chi connectivity index (χ1) is 16.2. The number of carboxylic acids is 1. The highest BCUT2D eigenvalue weighted by atomic mass is 32.2. The van der Waals surface area contributed by atoms with Gasteiger partial charge >= 0.3 is 5.97 Å². The normalized spacial score (nSPS) is 16.9. The SMILES string of the molecule is CCOc1cc(Oc2ccc(S(C)(=O)=O)nc2)cc2cc(C3=NCC(C(CC)C(=O)O)S3)[nH]c12. The van der Waals surface area contributed by atoms with E-state index in [9.17, 15) is 18.3 Å². The van der Waals surface area contributed by atoms with Crippen LogP contribution < -0.4 is 9.47 Å². The average molecular weight is 504 g/mol. The van der Waals surface area contributed by atoms with Crippen LogP contribution in [0.25, 0.3) is 10.9 Å². The number of aliphatic imine (C=N–C) groups is 1. The molecule has 0 spiro atoms. The third-order valence-electron chi connectivity index (χ3n) is 5.40. The summed E-state index contributed by atoms with van der Waals surface area (Å²) in [4.78, 5) is 23.4. The smallest absolute Gasteiger partial charge is 0.307 e. The number of pyridine rings is 1. The maximum absolute atomic E-state index is 11.6. The molecule has 1 aliphatic heterocycles. The number of H-pyrrole nitrogens is 1. The van der Waals surface area contributed by atoms with Gasteiger partial charge in [0.1, 0.15) is 22.3 Å². The van der Waals surface area contributed by atoms with E-state index in [0.29, 0.717) is 36.8 Å². The van der Waals surface area contributed by atoms with Gasteiger partial charge in [-0.05, 0) is 37.6 Å². The van der Waals surface area contributed by atoms with E-state index in [0.717, 1.165) is 27.9 Å². The van der Waals surface area contributed by atoms with E-state index < -0.39 is 21.7 Å². The number of thioether (sulfide) groups is 1. The molecular weight excluding hydrogens is 478 g/mol. The van der Waals surface area contributed by atoms with Crippen LogP contribution in [0.3, 0.4) is 0 Å². The van der Waals surface area contributed by atoms with Gasteiger partial charge in [-0.25, -0.2) is 13.4 Å². The number of aliphatic carboxylic acids is 1. The molecule has 2 aromatic heterocycles. The molecule has 4 rings (SSSR count). The lowest BCUT2D eigenvalue weighted by Crippen LogP contribution is -2.26. The number of aromatic nitrogens is 2. The second kappa shape index (κ2) is 9.67. The molecule has 0 aliphatic carbocycles. The van der Waals surface area contributed by atoms with Crippen LogP contribution >= 0.6 is 11.8 Å². The van der Waals surface area contributed by atoms with Gasteiger partial charge in [0.05, 0.1) is 36.5 Å². The summed E-state index contributed by atoms with van der Waals surface area (Å²) in [6.07, 6.45) is 3.01. The Morgan fingerprint density at radius 3 is 2.68 bits per heavy atom. The van der Waals surface area contributed by atoms with E-state index in [1.54, 1.807) is 12.1 Å². The molecule has 0 amide bonds. The Kier molecular flexibility index (Phi) is 6.85. The second-order valence-corrected chi connectivity index (χ2v) is 11.1. The Bertz CT molecular complexity index is 1350. The Balaban J connectivity index is 1.61. The molecule has 2 unspecified atom stereocenters. The van der Waals surface area contributed by atoms with E-state index in [4.69, 9.17) is 9.47 Å². The average Bonchev–Trinajstić information content (AvgIpc) is 3.41. The van der Waals surface area contributed by atoms with Gasteiger partial charge in [-0.15, -0.1) is 0 Å². The number of fused-ring (bicyclic) bond motifs is 1. The largest absolute Gasteiger partial charge is 0.492 e. The summed E-state index contributed by atoms with van der Waals surface area (Å²) >= 11 is 1.48. The first-order valence-electron chi connectivity index (χ1n) is 10.8. The number of hydrogen-bond acceptors (Lipinski definition) is 8. The van der Waals surface area contributed by atoms with Gasteiger partial charge in [0.25, 0.3) is 0 Å². The van der Waals surface area contributed by atoms with E-state index in [-0.39, 0.29) is 10.3 Å². The summed E-state index contributed by atoms with van der Waals surface area (Å²) in [5.41, 5.74) is 1.58. The summed E-state index contributed by atoms with van der Waals surface area (Å²) < 4.78 is 35.0. The maximum atomic E-state index is 11.6. The molecule has 0 saturated carbocycles. The van der Waals surface area contributed by atoms with Crippen LogP contribution in [0.15, 0.2) is 46.5 Å². The Morgan fingerprint density at radius 2 is 2.06 bits per heavy atom. The second-order valence-electron chi connectivity index (χ2n) is 7.86. The summed E-state index contributed by atoms with van der Waals surface area (Å²) in [5, 5.41) is 11.0. The first kappa shape index (κ1) is 24.1. The molecule has 2 N–H and O–H groups in total. The molecular formula is C23H25N3O6S2. The van der Waals surface area contributed by atoms with Gasteiger partial charge < -0.3 is 19.6 Å². The standard InChI is InChI=1S/C23H25N3O6S2/c1-4-16(23(27)28)19-12-25-22(33-19)17-9-13-8-15(10-18(31-5-2)21(13)26-17)32-14-6-7-20(24-11-14)34(3,29)30/h6-11,16,19,26H,4-5,12H2,1-3H3,(H,27,28). The van der Waals surface area contributed by atoms with Crippen molar-refractivity contribution in [2.45, 2.75) is 30.5 Å². The molecule has 9 nitrogen and oxygen atoms in total. The molecule has 0 saturated heterocycles. The quantitative estimate of drug-likeness (QED) is 0.446. The summed E-state index contributed by atoms with van der Waals surface area (Å²) in [7, 11) is -3.39. The number of sulfone groups is 1. The van der Waals surface area contributed by atoms with Crippen molar-refractivity contribution in [1.29, 1.82) is 0 Å². The molecule has 34 heavy (non-hydrogen) atoms. The fourth-order valence-corrected chi connectivity index (χ4v) is 5.61.